The predicted molar refractivity (Wildman–Crippen MR) is 92.4 cm³/mol. The summed E-state index contributed by atoms with van der Waals surface area (Å²) in [4.78, 5) is 10.9. The number of nitrogens with one attached hydrogen (secondary N) is 1. The Hall–Kier alpha value is -1.23. The Morgan fingerprint density at radius 2 is 2.33 bits per heavy atom. The number of rotatable bonds is 7. The van der Waals surface area contributed by atoms with E-state index < -0.39 is 0 Å². The van der Waals surface area contributed by atoms with Crippen LogP contribution in [0.2, 0.25) is 0 Å². The molecule has 0 radical (unpaired) electrons. The summed E-state index contributed by atoms with van der Waals surface area (Å²) in [6.45, 7) is 1.63. The fourth-order valence-corrected chi connectivity index (χ4v) is 2.76. The molecule has 0 unspecified atom stereocenters. The van der Waals surface area contributed by atoms with Gasteiger partial charge in [0, 0.05) is 24.2 Å². The molecule has 0 aliphatic heterocycles. The van der Waals surface area contributed by atoms with Gasteiger partial charge >= 0.3 is 0 Å². The molecule has 0 aliphatic rings. The van der Waals surface area contributed by atoms with Gasteiger partial charge in [0.1, 0.15) is 0 Å². The number of hydrogen-bond donors (Lipinski definition) is 1. The molecule has 1 heterocycles. The highest BCUT2D eigenvalue weighted by Gasteiger charge is 2.00. The van der Waals surface area contributed by atoms with Crippen LogP contribution in [0.5, 0.6) is 0 Å². The Labute approximate surface area is 135 Å². The molecule has 114 valence electrons. The van der Waals surface area contributed by atoms with Crippen molar-refractivity contribution in [1.82, 2.24) is 15.2 Å². The molecule has 0 aliphatic carbocycles. The van der Waals surface area contributed by atoms with Gasteiger partial charge < -0.3 is 4.90 Å². The molecule has 1 aromatic rings. The highest BCUT2D eigenvalue weighted by molar-refractivity contribution is 8.13. The van der Waals surface area contributed by atoms with Gasteiger partial charge in [-0.3, -0.25) is 15.3 Å². The lowest BCUT2D eigenvalue weighted by atomic mass is 10.2. The van der Waals surface area contributed by atoms with E-state index in [0.717, 1.165) is 23.7 Å². The van der Waals surface area contributed by atoms with Crippen molar-refractivity contribution in [2.45, 2.75) is 12.3 Å². The summed E-state index contributed by atoms with van der Waals surface area (Å²) in [5, 5.41) is 11.8. The first-order valence-electron chi connectivity index (χ1n) is 6.55. The average Bonchev–Trinajstić information content (AvgIpc) is 2.45. The zero-order valence-electron chi connectivity index (χ0n) is 12.7. The predicted octanol–water partition coefficient (Wildman–Crippen LogP) is 2.17. The largest absolute Gasteiger partial charge is 0.305 e. The lowest BCUT2D eigenvalue weighted by molar-refractivity contribution is 0.402. The number of pyridine rings is 1. The molecule has 0 spiro atoms. The third-order valence-corrected chi connectivity index (χ3v) is 4.07. The third-order valence-electron chi connectivity index (χ3n) is 2.48. The standard InChI is InChI=1S/C14H21N5S2/c1-19(2)9-12-4-5-16-13(8-12)10-21-7-6-17-14(20-3)18-11-15/h4-5,8H,6-7,9-10H2,1-3H3,(H,17,18). The van der Waals surface area contributed by atoms with Crippen molar-refractivity contribution in [3.8, 4) is 6.19 Å². The van der Waals surface area contributed by atoms with Gasteiger partial charge in [0.2, 0.25) is 0 Å². The van der Waals surface area contributed by atoms with Crippen LogP contribution in [-0.2, 0) is 12.3 Å². The normalized spacial score (nSPS) is 11.5. The van der Waals surface area contributed by atoms with Crippen LogP contribution in [0, 0.1) is 11.5 Å². The first-order valence-corrected chi connectivity index (χ1v) is 8.93. The van der Waals surface area contributed by atoms with E-state index in [9.17, 15) is 0 Å². The van der Waals surface area contributed by atoms with Gasteiger partial charge in [-0.15, -0.1) is 0 Å². The van der Waals surface area contributed by atoms with Crippen LogP contribution in [0.1, 0.15) is 11.3 Å². The van der Waals surface area contributed by atoms with Crippen LogP contribution in [0.4, 0.5) is 0 Å². The number of amidine groups is 1. The summed E-state index contributed by atoms with van der Waals surface area (Å²) in [7, 11) is 4.12. The molecular formula is C14H21N5S2. The molecule has 1 aromatic heterocycles. The number of aromatic nitrogens is 1. The maximum absolute atomic E-state index is 8.54. The van der Waals surface area contributed by atoms with E-state index in [1.807, 2.05) is 18.6 Å². The second-order valence-corrected chi connectivity index (χ2v) is 6.47. The van der Waals surface area contributed by atoms with E-state index in [1.54, 1.807) is 11.8 Å². The molecule has 0 fully saturated rings. The summed E-state index contributed by atoms with van der Waals surface area (Å²) < 4.78 is 0. The second-order valence-electron chi connectivity index (χ2n) is 4.57. The van der Waals surface area contributed by atoms with Crippen LogP contribution in [-0.4, -0.2) is 47.7 Å². The van der Waals surface area contributed by atoms with Crippen LogP contribution < -0.4 is 5.32 Å². The number of aliphatic imine (C=N–C) groups is 1. The van der Waals surface area contributed by atoms with Crippen molar-refractivity contribution in [2.24, 2.45) is 4.99 Å². The Kier molecular flexibility index (Phi) is 8.90. The molecule has 0 saturated heterocycles. The lowest BCUT2D eigenvalue weighted by Crippen LogP contribution is -2.13. The molecule has 1 rings (SSSR count). The third kappa shape index (κ3) is 7.95. The van der Waals surface area contributed by atoms with Crippen LogP contribution >= 0.6 is 23.5 Å². The van der Waals surface area contributed by atoms with Gasteiger partial charge in [-0.25, -0.2) is 0 Å². The van der Waals surface area contributed by atoms with Gasteiger partial charge in [0.15, 0.2) is 11.4 Å². The van der Waals surface area contributed by atoms with Crippen molar-refractivity contribution in [3.63, 3.8) is 0 Å². The molecule has 0 atom stereocenters. The van der Waals surface area contributed by atoms with E-state index in [4.69, 9.17) is 5.26 Å². The summed E-state index contributed by atoms with van der Waals surface area (Å²) in [5.74, 6) is 1.80. The molecule has 7 heteroatoms. The highest BCUT2D eigenvalue weighted by atomic mass is 32.2. The fourth-order valence-electron chi connectivity index (χ4n) is 1.66. The van der Waals surface area contributed by atoms with Crippen molar-refractivity contribution >= 4 is 28.7 Å². The van der Waals surface area contributed by atoms with Crippen molar-refractivity contribution < 1.29 is 0 Å². The Morgan fingerprint density at radius 3 is 3.00 bits per heavy atom. The SMILES string of the molecule is CS/C(=N\CCSCc1cc(CN(C)C)ccn1)NC#N. The van der Waals surface area contributed by atoms with Gasteiger partial charge in [-0.2, -0.15) is 17.0 Å². The maximum atomic E-state index is 8.54. The zero-order chi connectivity index (χ0) is 15.5. The number of hydrogen-bond acceptors (Lipinski definition) is 6. The Morgan fingerprint density at radius 1 is 1.52 bits per heavy atom. The molecule has 21 heavy (non-hydrogen) atoms. The smallest absolute Gasteiger partial charge is 0.183 e. The molecule has 0 bridgehead atoms. The average molecular weight is 323 g/mol. The van der Waals surface area contributed by atoms with Gasteiger partial charge in [0.05, 0.1) is 12.2 Å². The van der Waals surface area contributed by atoms with Gasteiger partial charge in [0.25, 0.3) is 0 Å². The molecule has 1 N–H and O–H groups in total. The minimum Gasteiger partial charge on any atom is -0.305 e. The van der Waals surface area contributed by atoms with E-state index in [1.165, 1.54) is 17.3 Å². The second kappa shape index (κ2) is 10.5. The topological polar surface area (TPSA) is 64.3 Å². The summed E-state index contributed by atoms with van der Waals surface area (Å²) in [5.41, 5.74) is 2.38. The molecule has 0 amide bonds. The number of thioether (sulfide) groups is 2. The summed E-state index contributed by atoms with van der Waals surface area (Å²) in [6, 6.07) is 4.21. The Bertz CT molecular complexity index is 496. The van der Waals surface area contributed by atoms with Gasteiger partial charge in [-0.1, -0.05) is 11.8 Å². The number of nitriles is 1. The maximum Gasteiger partial charge on any atom is 0.183 e. The molecule has 5 nitrogen and oxygen atoms in total. The monoisotopic (exact) mass is 323 g/mol. The minimum atomic E-state index is 0.671. The van der Waals surface area contributed by atoms with E-state index >= 15 is 0 Å². The van der Waals surface area contributed by atoms with Crippen molar-refractivity contribution in [2.75, 3.05) is 32.6 Å². The van der Waals surface area contributed by atoms with Crippen molar-refractivity contribution in [3.05, 3.63) is 29.6 Å². The molecule has 0 aromatic carbocycles. The fraction of sp³-hybridized carbons (Fsp3) is 0.500. The van der Waals surface area contributed by atoms with Crippen LogP contribution in [0.25, 0.3) is 0 Å². The van der Waals surface area contributed by atoms with E-state index in [0.29, 0.717) is 11.7 Å². The molecular weight excluding hydrogens is 302 g/mol. The van der Waals surface area contributed by atoms with Crippen LogP contribution in [0.3, 0.4) is 0 Å². The molecule has 0 saturated carbocycles. The van der Waals surface area contributed by atoms with E-state index in [-0.39, 0.29) is 0 Å². The Balaban J connectivity index is 2.34. The first kappa shape index (κ1) is 17.8. The number of nitrogens with zero attached hydrogens (tertiary/aromatic N) is 4. The summed E-state index contributed by atoms with van der Waals surface area (Å²) in [6.07, 6.45) is 5.65. The van der Waals surface area contributed by atoms with Crippen LogP contribution in [0.15, 0.2) is 23.3 Å². The zero-order valence-corrected chi connectivity index (χ0v) is 14.3. The quantitative estimate of drug-likeness (QED) is 0.273. The highest BCUT2D eigenvalue weighted by Crippen LogP contribution is 2.12. The van der Waals surface area contributed by atoms with E-state index in [2.05, 4.69) is 46.4 Å². The van der Waals surface area contributed by atoms with Gasteiger partial charge in [-0.05, 0) is 38.0 Å². The lowest BCUT2D eigenvalue weighted by Gasteiger charge is -2.10. The first-order chi connectivity index (χ1) is 10.2. The minimum absolute atomic E-state index is 0.671. The summed E-state index contributed by atoms with van der Waals surface area (Å²) >= 11 is 3.25. The van der Waals surface area contributed by atoms with Crippen molar-refractivity contribution in [1.29, 1.82) is 5.26 Å².